The van der Waals surface area contributed by atoms with Crippen LogP contribution in [0.15, 0.2) is 6.33 Å². The van der Waals surface area contributed by atoms with E-state index in [1.165, 1.54) is 6.33 Å². The molecule has 1 aromatic rings. The van der Waals surface area contributed by atoms with E-state index in [0.29, 0.717) is 10.9 Å². The number of ether oxygens (including phenoxy) is 1. The molecule has 1 aromatic heterocycles. The van der Waals surface area contributed by atoms with Crippen LogP contribution in [0.5, 0.6) is 5.75 Å². The lowest BCUT2D eigenvalue weighted by atomic mass is 10.4. The third kappa shape index (κ3) is 2.26. The molecule has 4 nitrogen and oxygen atoms in total. The molecule has 0 fully saturated rings. The zero-order valence-electron chi connectivity index (χ0n) is 8.62. The van der Waals surface area contributed by atoms with E-state index >= 15 is 0 Å². The Morgan fingerprint density at radius 2 is 2.21 bits per heavy atom. The van der Waals surface area contributed by atoms with E-state index in [9.17, 15) is 0 Å². The van der Waals surface area contributed by atoms with Crippen LogP contribution in [0.25, 0.3) is 0 Å². The number of methoxy groups -OCH3 is 1. The van der Waals surface area contributed by atoms with E-state index in [2.05, 4.69) is 16.9 Å². The molecule has 0 aliphatic heterocycles. The Morgan fingerprint density at radius 1 is 1.50 bits per heavy atom. The summed E-state index contributed by atoms with van der Waals surface area (Å²) in [4.78, 5) is 9.98. The summed E-state index contributed by atoms with van der Waals surface area (Å²) in [5.41, 5.74) is 0. The van der Waals surface area contributed by atoms with Crippen LogP contribution in [0.3, 0.4) is 0 Å². The van der Waals surface area contributed by atoms with Crippen molar-refractivity contribution in [1.29, 1.82) is 0 Å². The van der Waals surface area contributed by atoms with Crippen molar-refractivity contribution in [2.24, 2.45) is 0 Å². The van der Waals surface area contributed by atoms with Gasteiger partial charge in [0, 0.05) is 13.6 Å². The molecule has 1 heterocycles. The van der Waals surface area contributed by atoms with Crippen LogP contribution in [0.4, 0.5) is 5.82 Å². The minimum absolute atomic E-state index is 0.348. The second kappa shape index (κ2) is 5.00. The summed E-state index contributed by atoms with van der Waals surface area (Å²) in [6.45, 7) is 3.01. The van der Waals surface area contributed by atoms with Crippen molar-refractivity contribution < 1.29 is 4.74 Å². The lowest BCUT2D eigenvalue weighted by Crippen LogP contribution is -2.20. The fraction of sp³-hybridized carbons (Fsp3) is 0.556. The van der Waals surface area contributed by atoms with E-state index in [1.54, 1.807) is 7.11 Å². The molecule has 0 bridgehead atoms. The van der Waals surface area contributed by atoms with Crippen LogP contribution in [-0.4, -0.2) is 30.7 Å². The number of halogens is 1. The molecule has 0 N–H and O–H groups in total. The van der Waals surface area contributed by atoms with Crippen molar-refractivity contribution in [2.45, 2.75) is 13.3 Å². The molecule has 0 spiro atoms. The highest BCUT2D eigenvalue weighted by Crippen LogP contribution is 2.30. The largest absolute Gasteiger partial charge is 0.490 e. The lowest BCUT2D eigenvalue weighted by Gasteiger charge is -2.19. The van der Waals surface area contributed by atoms with E-state index in [-0.39, 0.29) is 0 Å². The average Bonchev–Trinajstić information content (AvgIpc) is 2.17. The van der Waals surface area contributed by atoms with Gasteiger partial charge in [-0.25, -0.2) is 9.97 Å². The first-order chi connectivity index (χ1) is 6.70. The third-order valence-corrected chi connectivity index (χ3v) is 2.14. The van der Waals surface area contributed by atoms with Crippen molar-refractivity contribution in [1.82, 2.24) is 9.97 Å². The lowest BCUT2D eigenvalue weighted by molar-refractivity contribution is 0.411. The maximum absolute atomic E-state index is 5.87. The Morgan fingerprint density at radius 3 is 2.79 bits per heavy atom. The highest BCUT2D eigenvalue weighted by Gasteiger charge is 2.13. The standard InChI is InChI=1S/C9H14ClN3O/c1-4-5-13(2)9-7(14-3)8(10)11-6-12-9/h6H,4-5H2,1-3H3. The molecule has 78 valence electrons. The monoisotopic (exact) mass is 215 g/mol. The number of hydrogen-bond donors (Lipinski definition) is 0. The highest BCUT2D eigenvalue weighted by molar-refractivity contribution is 6.31. The van der Waals surface area contributed by atoms with Crippen molar-refractivity contribution in [3.05, 3.63) is 11.5 Å². The molecule has 0 amide bonds. The molecule has 5 heteroatoms. The minimum Gasteiger partial charge on any atom is -0.490 e. The van der Waals surface area contributed by atoms with E-state index < -0.39 is 0 Å². The Hall–Kier alpha value is -1.03. The van der Waals surface area contributed by atoms with Gasteiger partial charge in [0.05, 0.1) is 7.11 Å². The second-order valence-electron chi connectivity index (χ2n) is 2.94. The Kier molecular flexibility index (Phi) is 3.95. The van der Waals surface area contributed by atoms with Gasteiger partial charge in [0.15, 0.2) is 16.7 Å². The van der Waals surface area contributed by atoms with Gasteiger partial charge in [-0.3, -0.25) is 0 Å². The summed E-state index contributed by atoms with van der Waals surface area (Å²) in [5, 5.41) is 0.348. The minimum atomic E-state index is 0.348. The maximum Gasteiger partial charge on any atom is 0.199 e. The summed E-state index contributed by atoms with van der Waals surface area (Å²) in [6, 6.07) is 0. The average molecular weight is 216 g/mol. The van der Waals surface area contributed by atoms with Gasteiger partial charge in [0.25, 0.3) is 0 Å². The first kappa shape index (κ1) is 11.0. The molecule has 0 atom stereocenters. The molecule has 0 aliphatic rings. The Labute approximate surface area is 88.9 Å². The zero-order valence-corrected chi connectivity index (χ0v) is 9.38. The van der Waals surface area contributed by atoms with Gasteiger partial charge in [-0.2, -0.15) is 0 Å². The van der Waals surface area contributed by atoms with Gasteiger partial charge >= 0.3 is 0 Å². The van der Waals surface area contributed by atoms with Crippen molar-refractivity contribution in [3.63, 3.8) is 0 Å². The topological polar surface area (TPSA) is 38.2 Å². The molecule has 0 saturated carbocycles. The van der Waals surface area contributed by atoms with E-state index in [1.807, 2.05) is 11.9 Å². The molecule has 0 radical (unpaired) electrons. The number of rotatable bonds is 4. The van der Waals surface area contributed by atoms with Crippen molar-refractivity contribution >= 4 is 17.4 Å². The van der Waals surface area contributed by atoms with Crippen LogP contribution in [-0.2, 0) is 0 Å². The summed E-state index contributed by atoms with van der Waals surface area (Å²) >= 11 is 5.87. The summed E-state index contributed by atoms with van der Waals surface area (Å²) in [7, 11) is 3.51. The fourth-order valence-electron chi connectivity index (χ4n) is 1.23. The SMILES string of the molecule is CCCN(C)c1ncnc(Cl)c1OC. The highest BCUT2D eigenvalue weighted by atomic mass is 35.5. The molecule has 14 heavy (non-hydrogen) atoms. The second-order valence-corrected chi connectivity index (χ2v) is 3.30. The first-order valence-electron chi connectivity index (χ1n) is 4.46. The summed E-state index contributed by atoms with van der Waals surface area (Å²) in [5.74, 6) is 1.26. The van der Waals surface area contributed by atoms with E-state index in [4.69, 9.17) is 16.3 Å². The van der Waals surface area contributed by atoms with Gasteiger partial charge in [-0.1, -0.05) is 18.5 Å². The van der Waals surface area contributed by atoms with Crippen LogP contribution in [0.2, 0.25) is 5.15 Å². The number of hydrogen-bond acceptors (Lipinski definition) is 4. The van der Waals surface area contributed by atoms with Crippen LogP contribution in [0.1, 0.15) is 13.3 Å². The molecular weight excluding hydrogens is 202 g/mol. The van der Waals surface area contributed by atoms with Crippen molar-refractivity contribution in [2.75, 3.05) is 25.6 Å². The van der Waals surface area contributed by atoms with E-state index in [0.717, 1.165) is 18.8 Å². The molecule has 0 aromatic carbocycles. The predicted molar refractivity (Wildman–Crippen MR) is 57.2 cm³/mol. The number of aromatic nitrogens is 2. The van der Waals surface area contributed by atoms with Gasteiger partial charge in [0.1, 0.15) is 6.33 Å². The molecule has 0 saturated heterocycles. The van der Waals surface area contributed by atoms with Crippen LogP contribution < -0.4 is 9.64 Å². The molecule has 0 aliphatic carbocycles. The fourth-order valence-corrected chi connectivity index (χ4v) is 1.44. The molecule has 0 unspecified atom stereocenters. The summed E-state index contributed by atoms with van der Waals surface area (Å²) < 4.78 is 5.14. The smallest absolute Gasteiger partial charge is 0.199 e. The quantitative estimate of drug-likeness (QED) is 0.720. The zero-order chi connectivity index (χ0) is 10.6. The number of nitrogens with zero attached hydrogens (tertiary/aromatic N) is 3. The van der Waals surface area contributed by atoms with Crippen LogP contribution in [0, 0.1) is 0 Å². The summed E-state index contributed by atoms with van der Waals surface area (Å²) in [6.07, 6.45) is 2.48. The van der Waals surface area contributed by atoms with Crippen LogP contribution >= 0.6 is 11.6 Å². The normalized spacial score (nSPS) is 10.0. The predicted octanol–water partition coefficient (Wildman–Crippen LogP) is 1.98. The third-order valence-electron chi connectivity index (χ3n) is 1.87. The Balaban J connectivity index is 3.00. The van der Waals surface area contributed by atoms with Gasteiger partial charge in [0.2, 0.25) is 0 Å². The molecular formula is C9H14ClN3O. The molecule has 1 rings (SSSR count). The first-order valence-corrected chi connectivity index (χ1v) is 4.84. The Bertz CT molecular complexity index is 306. The van der Waals surface area contributed by atoms with Gasteiger partial charge in [-0.05, 0) is 6.42 Å². The van der Waals surface area contributed by atoms with Gasteiger partial charge in [-0.15, -0.1) is 0 Å². The number of anilines is 1. The van der Waals surface area contributed by atoms with Gasteiger partial charge < -0.3 is 9.64 Å². The van der Waals surface area contributed by atoms with Crippen molar-refractivity contribution in [3.8, 4) is 5.75 Å². The maximum atomic E-state index is 5.87.